The number of hydrogen-bond acceptors (Lipinski definition) is 6. The molecule has 26 heavy (non-hydrogen) atoms. The Morgan fingerprint density at radius 3 is 2.96 bits per heavy atom. The molecule has 0 saturated carbocycles. The van der Waals surface area contributed by atoms with Crippen LogP contribution in [0.15, 0.2) is 27.8 Å². The molecule has 8 heteroatoms. The average Bonchev–Trinajstić information content (AvgIpc) is 3.18. The number of nitrogens with zero attached hydrogens (tertiary/aromatic N) is 2. The Labute approximate surface area is 157 Å². The number of thioether (sulfide) groups is 1. The van der Waals surface area contributed by atoms with Crippen LogP contribution in [0, 0.1) is 0 Å². The quantitative estimate of drug-likeness (QED) is 0.752. The second-order valence-corrected chi connectivity index (χ2v) is 7.84. The number of amides is 2. The molecule has 2 heterocycles. The van der Waals surface area contributed by atoms with Crippen LogP contribution < -0.4 is 10.6 Å². The third kappa shape index (κ3) is 4.31. The normalized spacial score (nSPS) is 20.8. The molecule has 2 amide bonds. The Morgan fingerprint density at radius 2 is 2.27 bits per heavy atom. The summed E-state index contributed by atoms with van der Waals surface area (Å²) >= 11 is 1.55. The van der Waals surface area contributed by atoms with Crippen LogP contribution in [-0.2, 0) is 4.74 Å². The number of likely N-dealkylation sites (tertiary alicyclic amines) is 1. The minimum absolute atomic E-state index is 0.00599. The van der Waals surface area contributed by atoms with Crippen molar-refractivity contribution in [3.63, 3.8) is 0 Å². The number of aromatic nitrogens is 1. The fraction of sp³-hybridized carbons (Fsp3) is 0.556. The number of fused-ring (bicyclic) bond motifs is 1. The molecule has 0 radical (unpaired) electrons. The van der Waals surface area contributed by atoms with E-state index in [1.807, 2.05) is 19.1 Å². The maximum absolute atomic E-state index is 12.4. The minimum atomic E-state index is -0.246. The summed E-state index contributed by atoms with van der Waals surface area (Å²) in [6.07, 6.45) is -0.00599. The Hall–Kier alpha value is -1.77. The number of nitrogens with one attached hydrogen (secondary N) is 2. The zero-order valence-corrected chi connectivity index (χ0v) is 16.4. The van der Waals surface area contributed by atoms with Crippen molar-refractivity contribution in [3.8, 4) is 0 Å². The number of rotatable bonds is 6. The lowest BCUT2D eigenvalue weighted by Crippen LogP contribution is -2.45. The van der Waals surface area contributed by atoms with Gasteiger partial charge in [-0.3, -0.25) is 4.90 Å². The SMILES string of the molecule is CCSc1nc2ccc(NC(=O)N[C@@H]3CN(C(C)C)C[C@H]3OC)cc2o1. The molecule has 1 fully saturated rings. The fourth-order valence-electron chi connectivity index (χ4n) is 3.10. The lowest BCUT2D eigenvalue weighted by atomic mass is 10.2. The van der Waals surface area contributed by atoms with E-state index in [0.29, 0.717) is 22.5 Å². The van der Waals surface area contributed by atoms with Gasteiger partial charge in [0.1, 0.15) is 5.52 Å². The number of carbonyl (C=O) groups excluding carboxylic acids is 1. The second kappa shape index (κ2) is 8.28. The Kier molecular flexibility index (Phi) is 6.05. The number of anilines is 1. The van der Waals surface area contributed by atoms with Gasteiger partial charge in [0.25, 0.3) is 5.22 Å². The van der Waals surface area contributed by atoms with Gasteiger partial charge in [0.15, 0.2) is 5.58 Å². The van der Waals surface area contributed by atoms with E-state index in [0.717, 1.165) is 24.4 Å². The first kappa shape index (κ1) is 19.0. The van der Waals surface area contributed by atoms with Crippen molar-refractivity contribution >= 4 is 34.6 Å². The summed E-state index contributed by atoms with van der Waals surface area (Å²) in [6, 6.07) is 5.61. The van der Waals surface area contributed by atoms with Gasteiger partial charge >= 0.3 is 6.03 Å². The first-order chi connectivity index (χ1) is 12.5. The molecular formula is C18H26N4O3S. The monoisotopic (exact) mass is 378 g/mol. The van der Waals surface area contributed by atoms with Gasteiger partial charge < -0.3 is 19.8 Å². The maximum atomic E-state index is 12.4. The zero-order chi connectivity index (χ0) is 18.7. The van der Waals surface area contributed by atoms with Crippen LogP contribution in [0.3, 0.4) is 0 Å². The van der Waals surface area contributed by atoms with E-state index in [1.54, 1.807) is 24.9 Å². The molecule has 1 aliphatic rings. The molecule has 2 N–H and O–H groups in total. The van der Waals surface area contributed by atoms with Crippen LogP contribution >= 0.6 is 11.8 Å². The van der Waals surface area contributed by atoms with Crippen molar-refractivity contribution < 1.29 is 13.9 Å². The molecule has 0 spiro atoms. The molecular weight excluding hydrogens is 352 g/mol. The Bertz CT molecular complexity index is 764. The van der Waals surface area contributed by atoms with E-state index in [4.69, 9.17) is 9.15 Å². The first-order valence-corrected chi connectivity index (χ1v) is 9.86. The zero-order valence-electron chi connectivity index (χ0n) is 15.6. The van der Waals surface area contributed by atoms with Gasteiger partial charge in [-0.15, -0.1) is 0 Å². The molecule has 2 aromatic rings. The number of benzene rings is 1. The largest absolute Gasteiger partial charge is 0.431 e. The standard InChI is InChI=1S/C18H26N4O3S/c1-5-26-18-21-13-7-6-12(8-15(13)25-18)19-17(23)20-14-9-22(11(2)3)10-16(14)24-4/h6-8,11,14,16H,5,9-10H2,1-4H3,(H2,19,20,23)/t14-,16-/m1/s1. The van der Waals surface area contributed by atoms with Gasteiger partial charge in [0, 0.05) is 38.0 Å². The van der Waals surface area contributed by atoms with E-state index in [1.165, 1.54) is 0 Å². The second-order valence-electron chi connectivity index (χ2n) is 6.62. The summed E-state index contributed by atoms with van der Waals surface area (Å²) in [5.41, 5.74) is 2.13. The molecule has 1 aliphatic heterocycles. The van der Waals surface area contributed by atoms with Crippen molar-refractivity contribution in [2.45, 2.75) is 44.2 Å². The summed E-state index contributed by atoms with van der Waals surface area (Å²) in [5, 5.41) is 6.54. The molecule has 142 valence electrons. The predicted octanol–water partition coefficient (Wildman–Crippen LogP) is 3.17. The number of ether oxygens (including phenoxy) is 1. The number of methoxy groups -OCH3 is 1. The van der Waals surface area contributed by atoms with Gasteiger partial charge in [-0.25, -0.2) is 9.78 Å². The van der Waals surface area contributed by atoms with E-state index in [2.05, 4.69) is 34.4 Å². The van der Waals surface area contributed by atoms with Crippen molar-refractivity contribution in [2.75, 3.05) is 31.3 Å². The molecule has 7 nitrogen and oxygen atoms in total. The number of urea groups is 1. The Morgan fingerprint density at radius 1 is 1.46 bits per heavy atom. The molecule has 2 atom stereocenters. The minimum Gasteiger partial charge on any atom is -0.431 e. The number of hydrogen-bond donors (Lipinski definition) is 2. The third-order valence-corrected chi connectivity index (χ3v) is 5.25. The first-order valence-electron chi connectivity index (χ1n) is 8.88. The highest BCUT2D eigenvalue weighted by atomic mass is 32.2. The lowest BCUT2D eigenvalue weighted by Gasteiger charge is -2.20. The number of oxazole rings is 1. The van der Waals surface area contributed by atoms with Crippen molar-refractivity contribution in [1.29, 1.82) is 0 Å². The van der Waals surface area contributed by atoms with Crippen LogP contribution in [0.1, 0.15) is 20.8 Å². The molecule has 0 bridgehead atoms. The highest BCUT2D eigenvalue weighted by Crippen LogP contribution is 2.25. The van der Waals surface area contributed by atoms with Gasteiger partial charge in [-0.05, 0) is 31.7 Å². The molecule has 0 unspecified atom stereocenters. The Balaban J connectivity index is 1.63. The van der Waals surface area contributed by atoms with E-state index < -0.39 is 0 Å². The van der Waals surface area contributed by atoms with E-state index in [9.17, 15) is 4.79 Å². The van der Waals surface area contributed by atoms with Crippen LogP contribution in [0.25, 0.3) is 11.1 Å². The summed E-state index contributed by atoms with van der Waals surface area (Å²) in [5.74, 6) is 0.899. The predicted molar refractivity (Wildman–Crippen MR) is 104 cm³/mol. The van der Waals surface area contributed by atoms with Gasteiger partial charge in [-0.1, -0.05) is 18.7 Å². The van der Waals surface area contributed by atoms with Crippen LogP contribution in [0.2, 0.25) is 0 Å². The maximum Gasteiger partial charge on any atom is 0.319 e. The van der Waals surface area contributed by atoms with E-state index >= 15 is 0 Å². The summed E-state index contributed by atoms with van der Waals surface area (Å²) in [4.78, 5) is 19.1. The highest BCUT2D eigenvalue weighted by Gasteiger charge is 2.34. The molecule has 1 aromatic heterocycles. The van der Waals surface area contributed by atoms with Gasteiger partial charge in [0.2, 0.25) is 0 Å². The van der Waals surface area contributed by atoms with Crippen molar-refractivity contribution in [1.82, 2.24) is 15.2 Å². The lowest BCUT2D eigenvalue weighted by molar-refractivity contribution is 0.0896. The van der Waals surface area contributed by atoms with Crippen molar-refractivity contribution in [3.05, 3.63) is 18.2 Å². The average molecular weight is 378 g/mol. The number of carbonyl (C=O) groups is 1. The van der Waals surface area contributed by atoms with Crippen molar-refractivity contribution in [2.24, 2.45) is 0 Å². The fourth-order valence-corrected chi connectivity index (χ4v) is 3.66. The molecule has 0 aliphatic carbocycles. The molecule has 3 rings (SSSR count). The van der Waals surface area contributed by atoms with Crippen LogP contribution in [0.5, 0.6) is 0 Å². The third-order valence-electron chi connectivity index (χ3n) is 4.54. The molecule has 1 saturated heterocycles. The van der Waals surface area contributed by atoms with E-state index in [-0.39, 0.29) is 18.2 Å². The van der Waals surface area contributed by atoms with Gasteiger partial charge in [-0.2, -0.15) is 0 Å². The van der Waals surface area contributed by atoms with Crippen LogP contribution in [-0.4, -0.2) is 60.1 Å². The molecule has 1 aromatic carbocycles. The van der Waals surface area contributed by atoms with Crippen LogP contribution in [0.4, 0.5) is 10.5 Å². The smallest absolute Gasteiger partial charge is 0.319 e. The summed E-state index contributed by atoms with van der Waals surface area (Å²) < 4.78 is 11.2. The summed E-state index contributed by atoms with van der Waals surface area (Å²) in [6.45, 7) is 7.94. The highest BCUT2D eigenvalue weighted by molar-refractivity contribution is 7.99. The topological polar surface area (TPSA) is 79.6 Å². The van der Waals surface area contributed by atoms with Gasteiger partial charge in [0.05, 0.1) is 12.1 Å². The summed E-state index contributed by atoms with van der Waals surface area (Å²) in [7, 11) is 1.69.